The lowest BCUT2D eigenvalue weighted by atomic mass is 9.96. The van der Waals surface area contributed by atoms with Gasteiger partial charge >= 0.3 is 0 Å². The van der Waals surface area contributed by atoms with E-state index in [1.54, 1.807) is 42.7 Å². The molecule has 0 spiro atoms. The van der Waals surface area contributed by atoms with Gasteiger partial charge < -0.3 is 19.6 Å². The molecule has 1 aliphatic rings. The molecule has 0 saturated carbocycles. The van der Waals surface area contributed by atoms with Gasteiger partial charge in [0.25, 0.3) is 5.91 Å². The van der Waals surface area contributed by atoms with Gasteiger partial charge in [0.15, 0.2) is 0 Å². The maximum Gasteiger partial charge on any atom is 0.253 e. The number of carbonyl (C=O) groups excluding carboxylic acids is 2. The molecule has 5 rings (SSSR count). The summed E-state index contributed by atoms with van der Waals surface area (Å²) in [4.78, 5) is 32.6. The lowest BCUT2D eigenvalue weighted by Crippen LogP contribution is -2.40. The Balaban J connectivity index is 1.19. The average molecular weight is 500 g/mol. The van der Waals surface area contributed by atoms with Crippen molar-refractivity contribution < 1.29 is 18.5 Å². The third kappa shape index (κ3) is 6.13. The predicted octanol–water partition coefficient (Wildman–Crippen LogP) is 4.42. The van der Waals surface area contributed by atoms with Gasteiger partial charge in [-0.25, -0.2) is 0 Å². The Kier molecular flexibility index (Phi) is 7.41. The molecule has 1 saturated heterocycles. The minimum atomic E-state index is -0.279. The van der Waals surface area contributed by atoms with Crippen LogP contribution in [0.2, 0.25) is 0 Å². The third-order valence-corrected chi connectivity index (χ3v) is 6.41. The van der Waals surface area contributed by atoms with Crippen molar-refractivity contribution in [3.05, 3.63) is 89.7 Å². The first-order valence-electron chi connectivity index (χ1n) is 12.4. The van der Waals surface area contributed by atoms with E-state index >= 15 is 0 Å². The lowest BCUT2D eigenvalue weighted by Gasteiger charge is -2.31. The van der Waals surface area contributed by atoms with Crippen LogP contribution in [0.25, 0.3) is 11.4 Å². The van der Waals surface area contributed by atoms with E-state index in [1.165, 1.54) is 0 Å². The topological polar surface area (TPSA) is 114 Å². The average Bonchev–Trinajstić information content (AvgIpc) is 3.60. The van der Waals surface area contributed by atoms with Crippen LogP contribution in [-0.2, 0) is 17.9 Å². The number of furan rings is 1. The Morgan fingerprint density at radius 2 is 2.00 bits per heavy atom. The fourth-order valence-corrected chi connectivity index (χ4v) is 4.53. The Hall–Kier alpha value is -4.24. The minimum Gasteiger partial charge on any atom is -0.467 e. The van der Waals surface area contributed by atoms with Crippen molar-refractivity contribution in [2.45, 2.75) is 32.9 Å². The van der Waals surface area contributed by atoms with Gasteiger partial charge in [-0.05, 0) is 56.6 Å². The van der Waals surface area contributed by atoms with Gasteiger partial charge in [-0.1, -0.05) is 41.1 Å². The zero-order valence-corrected chi connectivity index (χ0v) is 20.6. The van der Waals surface area contributed by atoms with Crippen LogP contribution in [0.5, 0.6) is 0 Å². The molecule has 2 aromatic carbocycles. The van der Waals surface area contributed by atoms with Crippen molar-refractivity contribution in [3.8, 4) is 11.4 Å². The second-order valence-corrected chi connectivity index (χ2v) is 9.25. The number of nitrogens with one attached hydrogen (secondary N) is 2. The Morgan fingerprint density at radius 1 is 1.11 bits per heavy atom. The zero-order chi connectivity index (χ0) is 25.6. The predicted molar refractivity (Wildman–Crippen MR) is 137 cm³/mol. The summed E-state index contributed by atoms with van der Waals surface area (Å²) >= 11 is 0. The standard InChI is InChI=1S/C28H29N5O4/c1-19-7-4-8-20(15-19)26-31-25(37-32-26)18-33-13-5-9-21(17-33)27(34)30-24-12-3-2-11-23(24)28(35)29-16-22-10-6-14-36-22/h2-4,6-8,10-12,14-15,21H,5,9,13,16-18H2,1H3,(H,29,35)(H,30,34). The summed E-state index contributed by atoms with van der Waals surface area (Å²) in [5, 5.41) is 9.92. The van der Waals surface area contributed by atoms with Crippen molar-refractivity contribution >= 4 is 17.5 Å². The Bertz CT molecular complexity index is 1360. The zero-order valence-electron chi connectivity index (χ0n) is 20.6. The van der Waals surface area contributed by atoms with E-state index in [2.05, 4.69) is 25.7 Å². The van der Waals surface area contributed by atoms with E-state index in [0.29, 0.717) is 41.8 Å². The number of para-hydroxylation sites is 1. The summed E-state index contributed by atoms with van der Waals surface area (Å²) in [6, 6.07) is 18.5. The fraction of sp³-hybridized carbons (Fsp3) is 0.286. The number of likely N-dealkylation sites (tertiary alicyclic amines) is 1. The number of amides is 2. The minimum absolute atomic E-state index is 0.109. The van der Waals surface area contributed by atoms with E-state index in [1.807, 2.05) is 31.2 Å². The molecule has 1 unspecified atom stereocenters. The van der Waals surface area contributed by atoms with Gasteiger partial charge in [0.2, 0.25) is 17.6 Å². The van der Waals surface area contributed by atoms with E-state index < -0.39 is 0 Å². The summed E-state index contributed by atoms with van der Waals surface area (Å²) in [5.41, 5.74) is 2.94. The van der Waals surface area contributed by atoms with Crippen molar-refractivity contribution in [1.29, 1.82) is 0 Å². The molecule has 9 heteroatoms. The first kappa shape index (κ1) is 24.5. The SMILES string of the molecule is Cc1cccc(-c2noc(CN3CCCC(C(=O)Nc4ccccc4C(=O)NCc4ccco4)C3)n2)c1. The number of nitrogens with zero attached hydrogens (tertiary/aromatic N) is 3. The molecule has 1 fully saturated rings. The molecule has 1 atom stereocenters. The maximum absolute atomic E-state index is 13.2. The molecule has 0 aliphatic carbocycles. The van der Waals surface area contributed by atoms with Crippen molar-refractivity contribution in [3.63, 3.8) is 0 Å². The highest BCUT2D eigenvalue weighted by Crippen LogP contribution is 2.23. The second kappa shape index (κ2) is 11.2. The van der Waals surface area contributed by atoms with E-state index in [-0.39, 0.29) is 24.3 Å². The van der Waals surface area contributed by atoms with Crippen molar-refractivity contribution in [2.75, 3.05) is 18.4 Å². The highest BCUT2D eigenvalue weighted by atomic mass is 16.5. The van der Waals surface area contributed by atoms with Gasteiger partial charge in [0.05, 0.1) is 36.5 Å². The highest BCUT2D eigenvalue weighted by Gasteiger charge is 2.28. The number of anilines is 1. The Morgan fingerprint density at radius 3 is 2.84 bits per heavy atom. The number of hydrogen-bond donors (Lipinski definition) is 2. The third-order valence-electron chi connectivity index (χ3n) is 6.41. The number of benzene rings is 2. The number of hydrogen-bond acceptors (Lipinski definition) is 7. The van der Waals surface area contributed by atoms with Crippen molar-refractivity contribution in [1.82, 2.24) is 20.4 Å². The highest BCUT2D eigenvalue weighted by molar-refractivity contribution is 6.04. The smallest absolute Gasteiger partial charge is 0.253 e. The number of piperidine rings is 1. The van der Waals surface area contributed by atoms with Crippen LogP contribution in [0.1, 0.15) is 40.4 Å². The molecule has 4 aromatic rings. The molecule has 2 N–H and O–H groups in total. The van der Waals surface area contributed by atoms with E-state index in [0.717, 1.165) is 30.5 Å². The Labute approximate surface area is 214 Å². The molecule has 190 valence electrons. The van der Waals surface area contributed by atoms with Gasteiger partial charge in [0.1, 0.15) is 5.76 Å². The van der Waals surface area contributed by atoms with Gasteiger partial charge in [-0.3, -0.25) is 14.5 Å². The molecule has 0 bridgehead atoms. The lowest BCUT2D eigenvalue weighted by molar-refractivity contribution is -0.121. The number of aromatic nitrogens is 2. The van der Waals surface area contributed by atoms with Crippen LogP contribution in [0.3, 0.4) is 0 Å². The molecule has 0 radical (unpaired) electrons. The van der Waals surface area contributed by atoms with Crippen LogP contribution in [-0.4, -0.2) is 39.9 Å². The van der Waals surface area contributed by atoms with Gasteiger partial charge in [0, 0.05) is 12.1 Å². The first-order chi connectivity index (χ1) is 18.0. The second-order valence-electron chi connectivity index (χ2n) is 9.25. The normalized spacial score (nSPS) is 15.9. The van der Waals surface area contributed by atoms with Crippen LogP contribution < -0.4 is 10.6 Å². The first-order valence-corrected chi connectivity index (χ1v) is 12.4. The summed E-state index contributed by atoms with van der Waals surface area (Å²) in [6.45, 7) is 4.19. The maximum atomic E-state index is 13.2. The summed E-state index contributed by atoms with van der Waals surface area (Å²) in [6.07, 6.45) is 3.21. The molecule has 9 nitrogen and oxygen atoms in total. The van der Waals surface area contributed by atoms with Crippen LogP contribution >= 0.6 is 0 Å². The molecular weight excluding hydrogens is 470 g/mol. The number of rotatable bonds is 8. The van der Waals surface area contributed by atoms with Gasteiger partial charge in [-0.15, -0.1) is 0 Å². The van der Waals surface area contributed by atoms with Crippen molar-refractivity contribution in [2.24, 2.45) is 5.92 Å². The van der Waals surface area contributed by atoms with E-state index in [9.17, 15) is 9.59 Å². The molecule has 2 amide bonds. The monoisotopic (exact) mass is 499 g/mol. The van der Waals surface area contributed by atoms with E-state index in [4.69, 9.17) is 8.94 Å². The fourth-order valence-electron chi connectivity index (χ4n) is 4.53. The van der Waals surface area contributed by atoms with Crippen LogP contribution in [0, 0.1) is 12.8 Å². The number of carbonyl (C=O) groups is 2. The molecule has 3 heterocycles. The largest absolute Gasteiger partial charge is 0.467 e. The molecular formula is C28H29N5O4. The quantitative estimate of drug-likeness (QED) is 0.369. The molecule has 1 aliphatic heterocycles. The number of aryl methyl sites for hydroxylation is 1. The van der Waals surface area contributed by atoms with Gasteiger partial charge in [-0.2, -0.15) is 4.98 Å². The van der Waals surface area contributed by atoms with Crippen LogP contribution in [0.15, 0.2) is 75.9 Å². The molecule has 2 aromatic heterocycles. The van der Waals surface area contributed by atoms with Crippen LogP contribution in [0.4, 0.5) is 5.69 Å². The summed E-state index contributed by atoms with van der Waals surface area (Å²) in [5.74, 6) is 1.14. The molecule has 37 heavy (non-hydrogen) atoms. The summed E-state index contributed by atoms with van der Waals surface area (Å²) < 4.78 is 10.8. The summed E-state index contributed by atoms with van der Waals surface area (Å²) in [7, 11) is 0.